The van der Waals surface area contributed by atoms with Crippen LogP contribution in [-0.4, -0.2) is 16.8 Å². The summed E-state index contributed by atoms with van der Waals surface area (Å²) in [6.45, 7) is 5.32. The zero-order chi connectivity index (χ0) is 12.3. The number of hydrogen-bond donors (Lipinski definition) is 2. The molecule has 0 aliphatic carbocycles. The second kappa shape index (κ2) is 4.74. The van der Waals surface area contributed by atoms with Gasteiger partial charge in [0.2, 0.25) is 0 Å². The molecule has 1 aromatic carbocycles. The average molecular weight is 288 g/mol. The Morgan fingerprint density at radius 1 is 1.44 bits per heavy atom. The molecule has 0 aliphatic rings. The van der Waals surface area contributed by atoms with E-state index in [1.165, 1.54) is 6.07 Å². The number of phenols is 1. The maximum atomic E-state index is 11.4. The Bertz CT molecular complexity index is 399. The summed E-state index contributed by atoms with van der Waals surface area (Å²) in [7, 11) is 0. The second-order valence-electron chi connectivity index (χ2n) is 4.29. The van der Waals surface area contributed by atoms with E-state index in [0.29, 0.717) is 5.69 Å². The summed E-state index contributed by atoms with van der Waals surface area (Å²) in [5, 5.41) is 12.0. The number of benzene rings is 1. The first kappa shape index (κ1) is 12.8. The highest BCUT2D eigenvalue weighted by atomic mass is 79.9. The molecule has 4 nitrogen and oxygen atoms in total. The van der Waals surface area contributed by atoms with E-state index in [-0.39, 0.29) is 5.75 Å². The third-order valence-corrected chi connectivity index (χ3v) is 2.09. The van der Waals surface area contributed by atoms with Gasteiger partial charge >= 0.3 is 6.09 Å². The summed E-state index contributed by atoms with van der Waals surface area (Å²) < 4.78 is 5.79. The Hall–Kier alpha value is -1.23. The number of anilines is 1. The van der Waals surface area contributed by atoms with Crippen molar-refractivity contribution in [3.8, 4) is 5.75 Å². The largest absolute Gasteiger partial charge is 0.506 e. The third-order valence-electron chi connectivity index (χ3n) is 1.60. The molecule has 0 atom stereocenters. The minimum absolute atomic E-state index is 0.0137. The number of ether oxygens (including phenoxy) is 1. The number of carbonyl (C=O) groups is 1. The standard InChI is InChI=1S/C11H14BrNO3/c1-11(2,3)16-10(15)13-8-5-4-7(12)6-9(8)14/h4-6,14H,1-3H3,(H,13,15). The van der Waals surface area contributed by atoms with Gasteiger partial charge in [-0.15, -0.1) is 0 Å². The molecule has 1 aromatic rings. The summed E-state index contributed by atoms with van der Waals surface area (Å²) in [5.74, 6) is -0.0137. The van der Waals surface area contributed by atoms with Crippen LogP contribution in [0.25, 0.3) is 0 Å². The summed E-state index contributed by atoms with van der Waals surface area (Å²) >= 11 is 3.21. The summed E-state index contributed by atoms with van der Waals surface area (Å²) in [5.41, 5.74) is -0.243. The van der Waals surface area contributed by atoms with Crippen molar-refractivity contribution in [3.63, 3.8) is 0 Å². The molecule has 5 heteroatoms. The lowest BCUT2D eigenvalue weighted by molar-refractivity contribution is 0.0635. The highest BCUT2D eigenvalue weighted by Gasteiger charge is 2.17. The van der Waals surface area contributed by atoms with Gasteiger partial charge < -0.3 is 9.84 Å². The van der Waals surface area contributed by atoms with Crippen LogP contribution in [0, 0.1) is 0 Å². The lowest BCUT2D eigenvalue weighted by Crippen LogP contribution is -2.27. The number of aromatic hydroxyl groups is 1. The first-order chi connectivity index (χ1) is 7.28. The summed E-state index contributed by atoms with van der Waals surface area (Å²) in [4.78, 5) is 11.4. The molecule has 2 N–H and O–H groups in total. The zero-order valence-electron chi connectivity index (χ0n) is 9.37. The van der Waals surface area contributed by atoms with E-state index in [0.717, 1.165) is 4.47 Å². The molecule has 0 spiro atoms. The minimum atomic E-state index is -0.592. The van der Waals surface area contributed by atoms with Crippen molar-refractivity contribution in [2.45, 2.75) is 26.4 Å². The fourth-order valence-electron chi connectivity index (χ4n) is 1.02. The molecule has 0 aromatic heterocycles. The van der Waals surface area contributed by atoms with Crippen LogP contribution in [0.5, 0.6) is 5.75 Å². The number of nitrogens with one attached hydrogen (secondary N) is 1. The Morgan fingerprint density at radius 2 is 2.06 bits per heavy atom. The number of carbonyl (C=O) groups excluding carboxylic acids is 1. The van der Waals surface area contributed by atoms with Crippen LogP contribution in [0.2, 0.25) is 0 Å². The van der Waals surface area contributed by atoms with E-state index in [9.17, 15) is 9.90 Å². The van der Waals surface area contributed by atoms with Crippen molar-refractivity contribution in [2.24, 2.45) is 0 Å². The van der Waals surface area contributed by atoms with Crippen LogP contribution in [0.3, 0.4) is 0 Å². The van der Waals surface area contributed by atoms with Gasteiger partial charge in [0, 0.05) is 4.47 Å². The molecule has 0 saturated carbocycles. The fraction of sp³-hybridized carbons (Fsp3) is 0.364. The van der Waals surface area contributed by atoms with E-state index >= 15 is 0 Å². The first-order valence-corrected chi connectivity index (χ1v) is 5.56. The van der Waals surface area contributed by atoms with E-state index in [2.05, 4.69) is 21.2 Å². The van der Waals surface area contributed by atoms with Gasteiger partial charge in [-0.2, -0.15) is 0 Å². The number of halogens is 1. The molecular weight excluding hydrogens is 274 g/mol. The normalized spacial score (nSPS) is 11.0. The Balaban J connectivity index is 2.70. The lowest BCUT2D eigenvalue weighted by Gasteiger charge is -2.19. The van der Waals surface area contributed by atoms with Crippen molar-refractivity contribution < 1.29 is 14.6 Å². The number of hydrogen-bond acceptors (Lipinski definition) is 3. The Morgan fingerprint density at radius 3 is 2.56 bits per heavy atom. The van der Waals surface area contributed by atoms with Gasteiger partial charge in [0.05, 0.1) is 5.69 Å². The van der Waals surface area contributed by atoms with Gasteiger partial charge in [0.1, 0.15) is 11.4 Å². The topological polar surface area (TPSA) is 58.6 Å². The molecule has 0 unspecified atom stereocenters. The molecule has 1 amide bonds. The predicted molar refractivity (Wildman–Crippen MR) is 65.7 cm³/mol. The molecule has 0 heterocycles. The lowest BCUT2D eigenvalue weighted by atomic mass is 10.2. The molecular formula is C11H14BrNO3. The van der Waals surface area contributed by atoms with Crippen LogP contribution in [0.1, 0.15) is 20.8 Å². The van der Waals surface area contributed by atoms with Crippen molar-refractivity contribution in [2.75, 3.05) is 5.32 Å². The maximum absolute atomic E-state index is 11.4. The third kappa shape index (κ3) is 4.10. The van der Waals surface area contributed by atoms with Crippen molar-refractivity contribution in [3.05, 3.63) is 22.7 Å². The van der Waals surface area contributed by atoms with E-state index in [4.69, 9.17) is 4.74 Å². The predicted octanol–water partition coefficient (Wildman–Crippen LogP) is 3.50. The highest BCUT2D eigenvalue weighted by molar-refractivity contribution is 9.10. The number of amides is 1. The monoisotopic (exact) mass is 287 g/mol. The highest BCUT2D eigenvalue weighted by Crippen LogP contribution is 2.27. The number of rotatable bonds is 1. The first-order valence-electron chi connectivity index (χ1n) is 4.76. The molecule has 0 radical (unpaired) electrons. The van der Waals surface area contributed by atoms with Gasteiger partial charge in [0.15, 0.2) is 0 Å². The molecule has 88 valence electrons. The molecule has 1 rings (SSSR count). The van der Waals surface area contributed by atoms with Crippen LogP contribution in [0.4, 0.5) is 10.5 Å². The zero-order valence-corrected chi connectivity index (χ0v) is 11.0. The SMILES string of the molecule is CC(C)(C)OC(=O)Nc1ccc(Br)cc1O. The van der Waals surface area contributed by atoms with Gasteiger partial charge in [0.25, 0.3) is 0 Å². The van der Waals surface area contributed by atoms with Crippen LogP contribution in [0.15, 0.2) is 22.7 Å². The summed E-state index contributed by atoms with van der Waals surface area (Å²) in [6, 6.07) is 4.79. The van der Waals surface area contributed by atoms with Crippen LogP contribution < -0.4 is 5.32 Å². The van der Waals surface area contributed by atoms with Gasteiger partial charge in [-0.1, -0.05) is 15.9 Å². The van der Waals surface area contributed by atoms with E-state index in [1.807, 2.05) is 0 Å². The molecule has 0 saturated heterocycles. The van der Waals surface area contributed by atoms with Gasteiger partial charge in [-0.05, 0) is 39.0 Å². The molecule has 0 aliphatic heterocycles. The second-order valence-corrected chi connectivity index (χ2v) is 5.20. The minimum Gasteiger partial charge on any atom is -0.506 e. The quantitative estimate of drug-likeness (QED) is 0.777. The average Bonchev–Trinajstić information content (AvgIpc) is 2.06. The van der Waals surface area contributed by atoms with Crippen LogP contribution >= 0.6 is 15.9 Å². The fourth-order valence-corrected chi connectivity index (χ4v) is 1.37. The van der Waals surface area contributed by atoms with Crippen LogP contribution in [-0.2, 0) is 4.74 Å². The molecule has 16 heavy (non-hydrogen) atoms. The number of phenolic OH excluding ortho intramolecular Hbond substituents is 1. The van der Waals surface area contributed by atoms with Crippen molar-refractivity contribution in [1.29, 1.82) is 0 Å². The maximum Gasteiger partial charge on any atom is 0.412 e. The molecule has 0 bridgehead atoms. The Labute approximate surface area is 103 Å². The smallest absolute Gasteiger partial charge is 0.412 e. The molecule has 0 fully saturated rings. The van der Waals surface area contributed by atoms with Crippen molar-refractivity contribution >= 4 is 27.7 Å². The van der Waals surface area contributed by atoms with E-state index in [1.54, 1.807) is 32.9 Å². The van der Waals surface area contributed by atoms with Gasteiger partial charge in [-0.25, -0.2) is 4.79 Å². The summed E-state index contributed by atoms with van der Waals surface area (Å²) in [6.07, 6.45) is -0.592. The Kier molecular flexibility index (Phi) is 3.80. The van der Waals surface area contributed by atoms with E-state index < -0.39 is 11.7 Å². The van der Waals surface area contributed by atoms with Gasteiger partial charge in [-0.3, -0.25) is 5.32 Å². The van der Waals surface area contributed by atoms with Crippen molar-refractivity contribution in [1.82, 2.24) is 0 Å².